The van der Waals surface area contributed by atoms with Gasteiger partial charge in [-0.05, 0) is 60.2 Å². The first-order chi connectivity index (χ1) is 16.6. The van der Waals surface area contributed by atoms with Crippen molar-refractivity contribution in [1.29, 1.82) is 0 Å². The van der Waals surface area contributed by atoms with Gasteiger partial charge in [0.15, 0.2) is 18.1 Å². The summed E-state index contributed by atoms with van der Waals surface area (Å²) >= 11 is 10.2. The van der Waals surface area contributed by atoms with Crippen molar-refractivity contribution in [3.05, 3.63) is 55.9 Å². The zero-order chi connectivity index (χ0) is 25.7. The minimum Gasteiger partial charge on any atom is -0.493 e. The Balaban J connectivity index is 1.74. The maximum absolute atomic E-state index is 12.8. The Hall–Kier alpha value is -3.02. The summed E-state index contributed by atoms with van der Waals surface area (Å²) in [4.78, 5) is 50.1. The highest BCUT2D eigenvalue weighted by atomic mass is 79.9. The molecule has 0 radical (unpaired) electrons. The first kappa shape index (κ1) is 26.6. The molecule has 2 aromatic carbocycles. The Labute approximate surface area is 218 Å². The van der Waals surface area contributed by atoms with E-state index >= 15 is 0 Å². The lowest BCUT2D eigenvalue weighted by molar-refractivity contribution is -0.143. The van der Waals surface area contributed by atoms with Crippen molar-refractivity contribution in [2.24, 2.45) is 0 Å². The molecule has 3 rings (SSSR count). The largest absolute Gasteiger partial charge is 0.493 e. The fourth-order valence-electron chi connectivity index (χ4n) is 2.92. The maximum Gasteiger partial charge on any atom is 0.343 e. The molecule has 0 bridgehead atoms. The topological polar surface area (TPSA) is 111 Å². The first-order valence-electron chi connectivity index (χ1n) is 10.0. The molecule has 9 nitrogen and oxygen atoms in total. The van der Waals surface area contributed by atoms with Crippen LogP contribution < -0.4 is 14.8 Å². The van der Waals surface area contributed by atoms with Crippen LogP contribution in [0.25, 0.3) is 6.08 Å². The van der Waals surface area contributed by atoms with Crippen LogP contribution in [-0.4, -0.2) is 55.3 Å². The molecule has 1 heterocycles. The molecule has 1 aliphatic rings. The molecule has 184 valence electrons. The zero-order valence-electron chi connectivity index (χ0n) is 18.8. The normalized spacial score (nSPS) is 14.3. The van der Waals surface area contributed by atoms with Gasteiger partial charge in [-0.1, -0.05) is 33.6 Å². The summed E-state index contributed by atoms with van der Waals surface area (Å²) in [5.74, 6) is -1.12. The van der Waals surface area contributed by atoms with E-state index in [0.717, 1.165) is 10.5 Å². The number of imide groups is 1. The number of carbonyl (C=O) groups excluding carboxylic acids is 4. The van der Waals surface area contributed by atoms with Crippen molar-refractivity contribution >= 4 is 74.1 Å². The third-order valence-electron chi connectivity index (χ3n) is 4.77. The molecule has 3 amide bonds. The molecule has 0 saturated carbocycles. The van der Waals surface area contributed by atoms with Gasteiger partial charge < -0.3 is 19.5 Å². The standard InChI is InChI=1S/C23H20BrClN2O7S/c1-12-4-5-14(8-16(12)25)26-20(28)10-27-22(30)19(35-23(27)31)7-13-6-17(32-2)18(9-15(13)24)34-11-21(29)33-3/h4-9H,10-11H2,1-3H3,(H,26,28)/b19-7+. The Kier molecular flexibility index (Phi) is 8.82. The predicted octanol–water partition coefficient (Wildman–Crippen LogP) is 4.65. The molecule has 0 atom stereocenters. The van der Waals surface area contributed by atoms with Gasteiger partial charge in [0.2, 0.25) is 5.91 Å². The third kappa shape index (κ3) is 6.56. The third-order valence-corrected chi connectivity index (χ3v) is 6.77. The molecule has 1 saturated heterocycles. The average molecular weight is 584 g/mol. The number of nitrogens with one attached hydrogen (secondary N) is 1. The average Bonchev–Trinajstić information content (AvgIpc) is 3.08. The number of carbonyl (C=O) groups is 4. The predicted molar refractivity (Wildman–Crippen MR) is 136 cm³/mol. The Morgan fingerprint density at radius 3 is 2.57 bits per heavy atom. The van der Waals surface area contributed by atoms with Gasteiger partial charge in [-0.3, -0.25) is 19.3 Å². The first-order valence-corrected chi connectivity index (χ1v) is 12.0. The van der Waals surface area contributed by atoms with Gasteiger partial charge in [0.05, 0.1) is 19.1 Å². The molecule has 2 aromatic rings. The number of hydrogen-bond donors (Lipinski definition) is 1. The summed E-state index contributed by atoms with van der Waals surface area (Å²) in [6.45, 7) is 1.07. The second kappa shape index (κ2) is 11.6. The number of methoxy groups -OCH3 is 2. The quantitative estimate of drug-likeness (QED) is 0.353. The van der Waals surface area contributed by atoms with Gasteiger partial charge in [0.25, 0.3) is 11.1 Å². The molecule has 0 spiro atoms. The van der Waals surface area contributed by atoms with E-state index in [4.69, 9.17) is 21.1 Å². The van der Waals surface area contributed by atoms with Crippen LogP contribution in [0.4, 0.5) is 10.5 Å². The Bertz CT molecular complexity index is 1230. The lowest BCUT2D eigenvalue weighted by Crippen LogP contribution is -2.36. The second-order valence-corrected chi connectivity index (χ2v) is 9.42. The number of thioether (sulfide) groups is 1. The van der Waals surface area contributed by atoms with Crippen LogP contribution in [-0.2, 0) is 19.1 Å². The van der Waals surface area contributed by atoms with Crippen molar-refractivity contribution in [3.63, 3.8) is 0 Å². The molecule has 12 heteroatoms. The van der Waals surface area contributed by atoms with Crippen LogP contribution in [0.5, 0.6) is 11.5 Å². The van der Waals surface area contributed by atoms with Gasteiger partial charge in [0.1, 0.15) is 6.54 Å². The number of halogens is 2. The number of ether oxygens (including phenoxy) is 3. The van der Waals surface area contributed by atoms with E-state index in [9.17, 15) is 19.2 Å². The van der Waals surface area contributed by atoms with E-state index in [1.807, 2.05) is 6.92 Å². The minimum atomic E-state index is -0.603. The van der Waals surface area contributed by atoms with Crippen LogP contribution in [0.1, 0.15) is 11.1 Å². The minimum absolute atomic E-state index is 0.132. The monoisotopic (exact) mass is 582 g/mol. The highest BCUT2D eigenvalue weighted by Gasteiger charge is 2.36. The van der Waals surface area contributed by atoms with Gasteiger partial charge in [0, 0.05) is 15.2 Å². The highest BCUT2D eigenvalue weighted by Crippen LogP contribution is 2.38. The number of amides is 3. The molecule has 35 heavy (non-hydrogen) atoms. The smallest absolute Gasteiger partial charge is 0.343 e. The van der Waals surface area contributed by atoms with Crippen molar-refractivity contribution < 1.29 is 33.4 Å². The number of benzene rings is 2. The molecule has 0 unspecified atom stereocenters. The van der Waals surface area contributed by atoms with Crippen molar-refractivity contribution in [3.8, 4) is 11.5 Å². The van der Waals surface area contributed by atoms with E-state index in [1.54, 1.807) is 30.3 Å². The van der Waals surface area contributed by atoms with E-state index in [2.05, 4.69) is 26.0 Å². The molecular formula is C23H20BrClN2O7S. The summed E-state index contributed by atoms with van der Waals surface area (Å²) in [5, 5.41) is 2.54. The second-order valence-electron chi connectivity index (χ2n) is 7.17. The van der Waals surface area contributed by atoms with Gasteiger partial charge >= 0.3 is 5.97 Å². The van der Waals surface area contributed by atoms with Crippen molar-refractivity contribution in [2.75, 3.05) is 32.7 Å². The van der Waals surface area contributed by atoms with Crippen LogP contribution in [0, 0.1) is 6.92 Å². The van der Waals surface area contributed by atoms with E-state index in [0.29, 0.717) is 38.3 Å². The fourth-order valence-corrected chi connectivity index (χ4v) is 4.37. The van der Waals surface area contributed by atoms with Crippen LogP contribution in [0.3, 0.4) is 0 Å². The lowest BCUT2D eigenvalue weighted by Gasteiger charge is -2.13. The number of hydrogen-bond acceptors (Lipinski definition) is 8. The maximum atomic E-state index is 12.8. The molecule has 1 aliphatic heterocycles. The van der Waals surface area contributed by atoms with Crippen LogP contribution in [0.15, 0.2) is 39.7 Å². The van der Waals surface area contributed by atoms with Crippen molar-refractivity contribution in [2.45, 2.75) is 6.92 Å². The molecule has 1 fully saturated rings. The molecular weight excluding hydrogens is 564 g/mol. The number of nitrogens with zero attached hydrogens (tertiary/aromatic N) is 1. The van der Waals surface area contributed by atoms with E-state index in [1.165, 1.54) is 20.3 Å². The zero-order valence-corrected chi connectivity index (χ0v) is 22.0. The van der Waals surface area contributed by atoms with Gasteiger partial charge in [-0.25, -0.2) is 4.79 Å². The fraction of sp³-hybridized carbons (Fsp3) is 0.217. The van der Waals surface area contributed by atoms with Crippen LogP contribution in [0.2, 0.25) is 5.02 Å². The van der Waals surface area contributed by atoms with Gasteiger partial charge in [-0.15, -0.1) is 0 Å². The van der Waals surface area contributed by atoms with Gasteiger partial charge in [-0.2, -0.15) is 0 Å². The van der Waals surface area contributed by atoms with Crippen LogP contribution >= 0.6 is 39.3 Å². The Morgan fingerprint density at radius 2 is 1.91 bits per heavy atom. The number of anilines is 1. The van der Waals surface area contributed by atoms with E-state index in [-0.39, 0.29) is 17.3 Å². The van der Waals surface area contributed by atoms with Crippen molar-refractivity contribution in [1.82, 2.24) is 4.90 Å². The Morgan fingerprint density at radius 1 is 1.17 bits per heavy atom. The number of esters is 1. The molecule has 0 aliphatic carbocycles. The molecule has 0 aromatic heterocycles. The summed E-state index contributed by atoms with van der Waals surface area (Å²) in [6, 6.07) is 8.16. The summed E-state index contributed by atoms with van der Waals surface area (Å²) in [6.07, 6.45) is 1.50. The SMILES string of the molecule is COC(=O)COc1cc(Br)c(/C=C2/SC(=O)N(CC(=O)Nc3ccc(C)c(Cl)c3)C2=O)cc1OC. The molecule has 1 N–H and O–H groups in total. The van der Waals surface area contributed by atoms with E-state index < -0.39 is 29.6 Å². The summed E-state index contributed by atoms with van der Waals surface area (Å²) in [5.41, 5.74) is 1.83. The number of aryl methyl sites for hydroxylation is 1. The number of rotatable bonds is 8. The lowest BCUT2D eigenvalue weighted by atomic mass is 10.2. The summed E-state index contributed by atoms with van der Waals surface area (Å²) < 4.78 is 15.8. The highest BCUT2D eigenvalue weighted by molar-refractivity contribution is 9.10. The summed E-state index contributed by atoms with van der Waals surface area (Å²) in [7, 11) is 2.67.